The van der Waals surface area contributed by atoms with Crippen LogP contribution in [-0.2, 0) is 14.8 Å². The van der Waals surface area contributed by atoms with Crippen molar-refractivity contribution in [3.05, 3.63) is 65.7 Å². The molecule has 0 radical (unpaired) electrons. The van der Waals surface area contributed by atoms with E-state index in [-0.39, 0.29) is 16.8 Å². The van der Waals surface area contributed by atoms with Crippen molar-refractivity contribution >= 4 is 22.0 Å². The second-order valence-corrected chi connectivity index (χ2v) is 9.62. The first-order chi connectivity index (χ1) is 15.4. The lowest BCUT2D eigenvalue weighted by molar-refractivity contribution is -0.126. The molecule has 2 aromatic rings. The lowest BCUT2D eigenvalue weighted by Gasteiger charge is -2.24. The van der Waals surface area contributed by atoms with Gasteiger partial charge in [0.05, 0.1) is 17.5 Å². The van der Waals surface area contributed by atoms with Gasteiger partial charge in [0.25, 0.3) is 0 Å². The average molecular weight is 457 g/mol. The van der Waals surface area contributed by atoms with Crippen molar-refractivity contribution in [3.63, 3.8) is 0 Å². The lowest BCUT2D eigenvalue weighted by Crippen LogP contribution is -2.30. The van der Waals surface area contributed by atoms with E-state index >= 15 is 0 Å². The molecule has 3 rings (SSSR count). The summed E-state index contributed by atoms with van der Waals surface area (Å²) in [6, 6.07) is 14.7. The second-order valence-electron chi connectivity index (χ2n) is 7.68. The van der Waals surface area contributed by atoms with Crippen molar-refractivity contribution in [1.82, 2.24) is 9.21 Å². The number of likely N-dealkylation sites (tertiary alicyclic amines) is 1. The first kappa shape index (κ1) is 24.0. The first-order valence-corrected chi connectivity index (χ1v) is 12.7. The zero-order chi connectivity index (χ0) is 23.1. The minimum absolute atomic E-state index is 0.0405. The number of carbonyl (C=O) groups excluding carboxylic acids is 1. The van der Waals surface area contributed by atoms with Crippen LogP contribution >= 0.6 is 0 Å². The molecule has 6 nitrogen and oxygen atoms in total. The Morgan fingerprint density at radius 3 is 2.31 bits per heavy atom. The van der Waals surface area contributed by atoms with Crippen LogP contribution in [0.4, 0.5) is 0 Å². The highest BCUT2D eigenvalue weighted by atomic mass is 32.2. The van der Waals surface area contributed by atoms with Crippen molar-refractivity contribution in [2.75, 3.05) is 26.2 Å². The monoisotopic (exact) mass is 456 g/mol. The number of carbonyl (C=O) groups is 1. The molecule has 0 spiro atoms. The molecular weight excluding hydrogens is 424 g/mol. The van der Waals surface area contributed by atoms with E-state index < -0.39 is 10.0 Å². The van der Waals surface area contributed by atoms with Gasteiger partial charge in [-0.3, -0.25) is 4.79 Å². The predicted molar refractivity (Wildman–Crippen MR) is 127 cm³/mol. The van der Waals surface area contributed by atoms with E-state index in [9.17, 15) is 13.2 Å². The third kappa shape index (κ3) is 5.40. The van der Waals surface area contributed by atoms with Crippen LogP contribution in [0.2, 0.25) is 0 Å². The summed E-state index contributed by atoms with van der Waals surface area (Å²) >= 11 is 0. The summed E-state index contributed by atoms with van der Waals surface area (Å²) in [7, 11) is -3.48. The number of hydrogen-bond donors (Lipinski definition) is 0. The van der Waals surface area contributed by atoms with Crippen LogP contribution in [-0.4, -0.2) is 49.8 Å². The molecule has 2 aromatic carbocycles. The third-order valence-corrected chi connectivity index (χ3v) is 7.82. The number of hydrogen-bond acceptors (Lipinski definition) is 4. The molecule has 0 saturated carbocycles. The maximum atomic E-state index is 12.9. The molecule has 7 heteroatoms. The molecule has 0 aliphatic carbocycles. The lowest BCUT2D eigenvalue weighted by atomic mass is 10.0. The van der Waals surface area contributed by atoms with E-state index in [4.69, 9.17) is 4.74 Å². The number of nitrogens with zero attached hydrogens (tertiary/aromatic N) is 2. The average Bonchev–Trinajstić information content (AvgIpc) is 3.29. The van der Waals surface area contributed by atoms with E-state index in [1.54, 1.807) is 36.4 Å². The summed E-state index contributed by atoms with van der Waals surface area (Å²) in [4.78, 5) is 15.0. The van der Waals surface area contributed by atoms with Gasteiger partial charge in [-0.25, -0.2) is 8.42 Å². The minimum atomic E-state index is -3.48. The Balaban J connectivity index is 1.69. The van der Waals surface area contributed by atoms with E-state index in [1.165, 1.54) is 4.31 Å². The Kier molecular flexibility index (Phi) is 8.10. The van der Waals surface area contributed by atoms with E-state index in [0.29, 0.717) is 19.7 Å². The summed E-state index contributed by atoms with van der Waals surface area (Å²) in [5.74, 6) is 0.791. The molecule has 0 bridgehead atoms. The Hall–Kier alpha value is -2.64. The summed E-state index contributed by atoms with van der Waals surface area (Å²) in [6.45, 7) is 7.81. The van der Waals surface area contributed by atoms with E-state index in [1.807, 2.05) is 49.9 Å². The van der Waals surface area contributed by atoms with Gasteiger partial charge in [-0.1, -0.05) is 38.1 Å². The van der Waals surface area contributed by atoms with Crippen LogP contribution in [0.25, 0.3) is 6.08 Å². The van der Waals surface area contributed by atoms with Crippen molar-refractivity contribution in [2.24, 2.45) is 0 Å². The molecule has 32 heavy (non-hydrogen) atoms. The van der Waals surface area contributed by atoms with Crippen LogP contribution in [0.15, 0.2) is 59.5 Å². The largest absolute Gasteiger partial charge is 0.494 e. The first-order valence-electron chi connectivity index (χ1n) is 11.2. The highest BCUT2D eigenvalue weighted by Crippen LogP contribution is 2.33. The van der Waals surface area contributed by atoms with Gasteiger partial charge in [0.2, 0.25) is 15.9 Å². The predicted octanol–water partition coefficient (Wildman–Crippen LogP) is 4.49. The maximum absolute atomic E-state index is 12.9. The van der Waals surface area contributed by atoms with Gasteiger partial charge < -0.3 is 9.64 Å². The molecule has 1 amide bonds. The fourth-order valence-electron chi connectivity index (χ4n) is 4.06. The summed E-state index contributed by atoms with van der Waals surface area (Å²) in [5.41, 5.74) is 1.90. The van der Waals surface area contributed by atoms with Crippen molar-refractivity contribution in [1.29, 1.82) is 0 Å². The van der Waals surface area contributed by atoms with Crippen LogP contribution in [0, 0.1) is 0 Å². The van der Waals surface area contributed by atoms with Crippen molar-refractivity contribution < 1.29 is 17.9 Å². The maximum Gasteiger partial charge on any atom is 0.247 e. The van der Waals surface area contributed by atoms with Crippen molar-refractivity contribution in [3.8, 4) is 5.75 Å². The summed E-state index contributed by atoms with van der Waals surface area (Å²) < 4.78 is 32.2. The SMILES string of the molecule is CCOc1ccc(C2CCCN2C(=O)/C=C/c2ccc(S(=O)(=O)N(CC)CC)cc2)cc1. The Morgan fingerprint density at radius 2 is 1.72 bits per heavy atom. The van der Waals surface area contributed by atoms with Crippen LogP contribution in [0.5, 0.6) is 5.75 Å². The minimum Gasteiger partial charge on any atom is -0.494 e. The summed E-state index contributed by atoms with van der Waals surface area (Å²) in [5, 5.41) is 0. The molecule has 0 aromatic heterocycles. The fraction of sp³-hybridized carbons (Fsp3) is 0.400. The normalized spacial score (nSPS) is 16.8. The van der Waals surface area contributed by atoms with Gasteiger partial charge in [-0.2, -0.15) is 4.31 Å². The van der Waals surface area contributed by atoms with Gasteiger partial charge >= 0.3 is 0 Å². The van der Waals surface area contributed by atoms with Gasteiger partial charge in [0.15, 0.2) is 0 Å². The van der Waals surface area contributed by atoms with E-state index in [2.05, 4.69) is 0 Å². The van der Waals surface area contributed by atoms with Gasteiger partial charge in [0.1, 0.15) is 5.75 Å². The molecule has 1 fully saturated rings. The number of ether oxygens (including phenoxy) is 1. The topological polar surface area (TPSA) is 66.9 Å². The molecule has 1 atom stereocenters. The standard InChI is InChI=1S/C25H32N2O4S/c1-4-26(5-2)32(29,30)23-16-9-20(10-17-23)11-18-25(28)27-19-7-8-24(27)21-12-14-22(15-13-21)31-6-3/h9-18,24H,4-8,19H2,1-3H3/b18-11+. The smallest absolute Gasteiger partial charge is 0.247 e. The third-order valence-electron chi connectivity index (χ3n) is 5.75. The molecule has 1 unspecified atom stereocenters. The fourth-order valence-corrected chi connectivity index (χ4v) is 5.51. The van der Waals surface area contributed by atoms with Gasteiger partial charge in [0, 0.05) is 25.7 Å². The van der Waals surface area contributed by atoms with Crippen molar-refractivity contribution in [2.45, 2.75) is 44.6 Å². The van der Waals surface area contributed by atoms with Crippen LogP contribution in [0.3, 0.4) is 0 Å². The molecule has 1 heterocycles. The molecule has 1 aliphatic rings. The number of amides is 1. The Morgan fingerprint density at radius 1 is 1.06 bits per heavy atom. The molecule has 172 valence electrons. The highest BCUT2D eigenvalue weighted by molar-refractivity contribution is 7.89. The Labute approximate surface area is 191 Å². The van der Waals surface area contributed by atoms with Gasteiger partial charge in [-0.15, -0.1) is 0 Å². The number of rotatable bonds is 9. The molecule has 0 N–H and O–H groups in total. The van der Waals surface area contributed by atoms with Crippen LogP contribution < -0.4 is 4.74 Å². The molecule has 1 aliphatic heterocycles. The van der Waals surface area contributed by atoms with Crippen LogP contribution in [0.1, 0.15) is 50.8 Å². The highest BCUT2D eigenvalue weighted by Gasteiger charge is 2.28. The quantitative estimate of drug-likeness (QED) is 0.522. The number of benzene rings is 2. The summed E-state index contributed by atoms with van der Waals surface area (Å²) in [6.07, 6.45) is 5.21. The van der Waals surface area contributed by atoms with Gasteiger partial charge in [-0.05, 0) is 61.2 Å². The Bertz CT molecular complexity index is 1030. The zero-order valence-corrected chi connectivity index (χ0v) is 19.8. The second kappa shape index (κ2) is 10.8. The molecular formula is C25H32N2O4S. The molecule has 1 saturated heterocycles. The zero-order valence-electron chi connectivity index (χ0n) is 19.0. The number of sulfonamides is 1. The van der Waals surface area contributed by atoms with E-state index in [0.717, 1.165) is 36.3 Å².